The zero-order valence-electron chi connectivity index (χ0n) is 18.6. The Labute approximate surface area is 197 Å². The van der Waals surface area contributed by atoms with Crippen LogP contribution in [-0.2, 0) is 34.7 Å². The van der Waals surface area contributed by atoms with Gasteiger partial charge < -0.3 is 15.4 Å². The first kappa shape index (κ1) is 21.7. The molecule has 3 aromatic rings. The summed E-state index contributed by atoms with van der Waals surface area (Å²) in [6.45, 7) is 0.446. The van der Waals surface area contributed by atoms with Crippen molar-refractivity contribution >= 4 is 17.8 Å². The van der Waals surface area contributed by atoms with Gasteiger partial charge in [-0.2, -0.15) is 0 Å². The average Bonchev–Trinajstić information content (AvgIpc) is 3.35. The van der Waals surface area contributed by atoms with Gasteiger partial charge >= 0.3 is 6.03 Å². The Kier molecular flexibility index (Phi) is 5.76. The summed E-state index contributed by atoms with van der Waals surface area (Å²) >= 11 is 0. The Morgan fingerprint density at radius 2 is 1.65 bits per heavy atom. The van der Waals surface area contributed by atoms with Gasteiger partial charge in [0, 0.05) is 6.54 Å². The first-order valence-corrected chi connectivity index (χ1v) is 11.3. The lowest BCUT2D eigenvalue weighted by Crippen LogP contribution is -2.43. The summed E-state index contributed by atoms with van der Waals surface area (Å²) in [6.07, 6.45) is 1.23. The van der Waals surface area contributed by atoms with E-state index in [9.17, 15) is 14.4 Å². The summed E-state index contributed by atoms with van der Waals surface area (Å²) in [7, 11) is 0. The number of aryl methyl sites for hydroxylation is 1. The quantitative estimate of drug-likeness (QED) is 0.536. The maximum atomic E-state index is 13.2. The number of nitrogens with zero attached hydrogens (tertiary/aromatic N) is 1. The molecule has 1 atom stereocenters. The SMILES string of the molecule is O=C(CN1C(=O)NC2(CCc3ccccc32)C1=O)NCc1ccc(COc2ccccc2)cc1. The van der Waals surface area contributed by atoms with Gasteiger partial charge in [-0.15, -0.1) is 0 Å². The number of benzene rings is 3. The summed E-state index contributed by atoms with van der Waals surface area (Å²) < 4.78 is 5.74. The van der Waals surface area contributed by atoms with Crippen molar-refractivity contribution in [1.29, 1.82) is 0 Å². The molecule has 0 bridgehead atoms. The lowest BCUT2D eigenvalue weighted by molar-refractivity contribution is -0.135. The minimum atomic E-state index is -1.05. The first-order valence-electron chi connectivity index (χ1n) is 11.3. The zero-order valence-corrected chi connectivity index (χ0v) is 18.6. The minimum absolute atomic E-state index is 0.302. The molecule has 0 saturated carbocycles. The van der Waals surface area contributed by atoms with Crippen molar-refractivity contribution in [1.82, 2.24) is 15.5 Å². The Balaban J connectivity index is 1.15. The Hall–Kier alpha value is -4.13. The van der Waals surface area contributed by atoms with Gasteiger partial charge in [0.2, 0.25) is 5.91 Å². The number of imide groups is 1. The van der Waals surface area contributed by atoms with Crippen LogP contribution >= 0.6 is 0 Å². The van der Waals surface area contributed by atoms with Crippen LogP contribution in [0.25, 0.3) is 0 Å². The highest BCUT2D eigenvalue weighted by molar-refractivity contribution is 6.09. The van der Waals surface area contributed by atoms with Crippen molar-refractivity contribution in [2.24, 2.45) is 0 Å². The van der Waals surface area contributed by atoms with Crippen LogP contribution in [0.2, 0.25) is 0 Å². The molecule has 4 amide bonds. The molecule has 1 aliphatic heterocycles. The molecule has 7 nitrogen and oxygen atoms in total. The minimum Gasteiger partial charge on any atom is -0.489 e. The van der Waals surface area contributed by atoms with Crippen LogP contribution in [0.15, 0.2) is 78.9 Å². The van der Waals surface area contributed by atoms with E-state index in [1.807, 2.05) is 78.9 Å². The molecule has 1 aliphatic carbocycles. The van der Waals surface area contributed by atoms with E-state index < -0.39 is 11.6 Å². The molecule has 2 aliphatic rings. The van der Waals surface area contributed by atoms with Gasteiger partial charge in [-0.3, -0.25) is 14.5 Å². The van der Waals surface area contributed by atoms with E-state index in [1.165, 1.54) is 0 Å². The van der Waals surface area contributed by atoms with Gasteiger partial charge in [-0.05, 0) is 47.2 Å². The van der Waals surface area contributed by atoms with E-state index in [4.69, 9.17) is 4.74 Å². The largest absolute Gasteiger partial charge is 0.489 e. The van der Waals surface area contributed by atoms with Gasteiger partial charge in [0.05, 0.1) is 0 Å². The van der Waals surface area contributed by atoms with Crippen molar-refractivity contribution in [3.8, 4) is 5.75 Å². The number of hydrogen-bond acceptors (Lipinski definition) is 4. The van der Waals surface area contributed by atoms with Gasteiger partial charge in [0.25, 0.3) is 5.91 Å². The third-order valence-electron chi connectivity index (χ3n) is 6.39. The number of carbonyl (C=O) groups is 3. The maximum Gasteiger partial charge on any atom is 0.325 e. The van der Waals surface area contributed by atoms with Gasteiger partial charge in [-0.1, -0.05) is 66.7 Å². The fourth-order valence-electron chi connectivity index (χ4n) is 4.57. The van der Waals surface area contributed by atoms with Crippen LogP contribution in [0.4, 0.5) is 4.79 Å². The summed E-state index contributed by atoms with van der Waals surface area (Å²) in [4.78, 5) is 39.3. The highest BCUT2D eigenvalue weighted by atomic mass is 16.5. The Morgan fingerprint density at radius 3 is 2.44 bits per heavy atom. The van der Waals surface area contributed by atoms with Crippen molar-refractivity contribution < 1.29 is 19.1 Å². The third kappa shape index (κ3) is 4.12. The van der Waals surface area contributed by atoms with Crippen LogP contribution in [0.5, 0.6) is 5.75 Å². The van der Waals surface area contributed by atoms with Crippen LogP contribution < -0.4 is 15.4 Å². The van der Waals surface area contributed by atoms with Crippen molar-refractivity contribution in [3.63, 3.8) is 0 Å². The van der Waals surface area contributed by atoms with E-state index in [1.54, 1.807) is 0 Å². The number of carbonyl (C=O) groups excluding carboxylic acids is 3. The van der Waals surface area contributed by atoms with E-state index in [0.29, 0.717) is 26.0 Å². The second-order valence-electron chi connectivity index (χ2n) is 8.58. The highest BCUT2D eigenvalue weighted by Crippen LogP contribution is 2.41. The first-order chi connectivity index (χ1) is 16.5. The molecule has 172 valence electrons. The fraction of sp³-hybridized carbons (Fsp3) is 0.222. The van der Waals surface area contributed by atoms with Crippen LogP contribution in [0, 0.1) is 0 Å². The van der Waals surface area contributed by atoms with Crippen molar-refractivity contribution in [3.05, 3.63) is 101 Å². The molecule has 1 unspecified atom stereocenters. The van der Waals surface area contributed by atoms with E-state index in [0.717, 1.165) is 32.9 Å². The number of ether oxygens (including phenoxy) is 1. The summed E-state index contributed by atoms with van der Waals surface area (Å²) in [5.41, 5.74) is 2.76. The third-order valence-corrected chi connectivity index (χ3v) is 6.39. The zero-order chi connectivity index (χ0) is 23.5. The van der Waals surface area contributed by atoms with Gasteiger partial charge in [-0.25, -0.2) is 4.79 Å². The Morgan fingerprint density at radius 1 is 0.941 bits per heavy atom. The van der Waals surface area contributed by atoms with Crippen molar-refractivity contribution in [2.45, 2.75) is 31.5 Å². The molecule has 7 heteroatoms. The maximum absolute atomic E-state index is 13.2. The second kappa shape index (κ2) is 9.02. The molecule has 2 N–H and O–H groups in total. The number of amides is 4. The molecule has 1 heterocycles. The van der Waals surface area contributed by atoms with Crippen LogP contribution in [0.3, 0.4) is 0 Å². The topological polar surface area (TPSA) is 87.7 Å². The molecule has 3 aromatic carbocycles. The van der Waals surface area contributed by atoms with Crippen LogP contribution in [0.1, 0.15) is 28.7 Å². The molecule has 1 spiro atoms. The number of nitrogens with one attached hydrogen (secondary N) is 2. The summed E-state index contributed by atoms with van der Waals surface area (Å²) in [5.74, 6) is 0.0610. The standard InChI is InChI=1S/C27H25N3O4/c31-24(28-16-19-10-12-20(13-11-19)18-34-22-7-2-1-3-8-22)17-30-25(32)27(29-26(30)33)15-14-21-6-4-5-9-23(21)27/h1-13H,14-18H2,(H,28,31)(H,29,33). The highest BCUT2D eigenvalue weighted by Gasteiger charge is 2.55. The Bertz CT molecular complexity index is 1230. The number of para-hydroxylation sites is 1. The van der Waals surface area contributed by atoms with Crippen molar-refractivity contribution in [2.75, 3.05) is 6.54 Å². The van der Waals surface area contributed by atoms with Gasteiger partial charge in [0.1, 0.15) is 24.4 Å². The van der Waals surface area contributed by atoms with E-state index in [2.05, 4.69) is 10.6 Å². The molecular weight excluding hydrogens is 430 g/mol. The second-order valence-corrected chi connectivity index (χ2v) is 8.58. The number of urea groups is 1. The molecule has 1 fully saturated rings. The number of hydrogen-bond donors (Lipinski definition) is 2. The molecule has 1 saturated heterocycles. The predicted molar refractivity (Wildman–Crippen MR) is 126 cm³/mol. The monoisotopic (exact) mass is 455 g/mol. The van der Waals surface area contributed by atoms with E-state index in [-0.39, 0.29) is 18.4 Å². The fourth-order valence-corrected chi connectivity index (χ4v) is 4.57. The number of fused-ring (bicyclic) bond motifs is 2. The lowest BCUT2D eigenvalue weighted by atomic mass is 9.92. The van der Waals surface area contributed by atoms with E-state index >= 15 is 0 Å². The predicted octanol–water partition coefficient (Wildman–Crippen LogP) is 3.28. The number of rotatable bonds is 7. The smallest absolute Gasteiger partial charge is 0.325 e. The molecule has 34 heavy (non-hydrogen) atoms. The van der Waals surface area contributed by atoms with Gasteiger partial charge in [0.15, 0.2) is 0 Å². The van der Waals surface area contributed by atoms with Crippen LogP contribution in [-0.4, -0.2) is 29.3 Å². The lowest BCUT2D eigenvalue weighted by Gasteiger charge is -2.22. The summed E-state index contributed by atoms with van der Waals surface area (Å²) in [6, 6.07) is 24.4. The molecule has 0 aromatic heterocycles. The normalized spacial score (nSPS) is 18.6. The average molecular weight is 456 g/mol. The molecule has 5 rings (SSSR count). The summed E-state index contributed by atoms with van der Waals surface area (Å²) in [5, 5.41) is 5.64. The molecule has 0 radical (unpaired) electrons. The molecular formula is C27H25N3O4.